The zero-order chi connectivity index (χ0) is 67.9. The van der Waals surface area contributed by atoms with E-state index < -0.39 is 23.1 Å². The van der Waals surface area contributed by atoms with Crippen molar-refractivity contribution >= 4 is 125 Å². The zero-order valence-corrected chi connectivity index (χ0v) is 63.7. The number of benzene rings is 3. The molecule has 6 saturated heterocycles. The molecule has 21 nitrogen and oxygen atoms in total. The van der Waals surface area contributed by atoms with Crippen LogP contribution in [0.15, 0.2) is 96.0 Å². The van der Waals surface area contributed by atoms with Gasteiger partial charge in [0, 0.05) is 159 Å². The summed E-state index contributed by atoms with van der Waals surface area (Å²) in [5, 5.41) is 16.4. The molecule has 0 radical (unpaired) electrons. The fraction of sp³-hybridized carbons (Fsp3) is 0.397. The van der Waals surface area contributed by atoms with E-state index in [0.717, 1.165) is 139 Å². The molecule has 9 aromatic rings. The minimum Gasteiger partial charge on any atom is -0.481 e. The molecule has 5 N–H and O–H groups in total. The molecule has 6 aliphatic rings. The monoisotopic (exact) mass is 1600 g/mol. The molecule has 27 heteroatoms. The van der Waals surface area contributed by atoms with E-state index in [2.05, 4.69) is 51.0 Å². The number of methoxy groups -OCH3 is 3. The molecule has 3 aromatic carbocycles. The van der Waals surface area contributed by atoms with E-state index >= 15 is 0 Å². The number of carbonyl (C=O) groups excluding carboxylic acids is 2. The van der Waals surface area contributed by atoms with Crippen LogP contribution < -0.4 is 29.3 Å². The predicted molar refractivity (Wildman–Crippen MR) is 395 cm³/mol. The van der Waals surface area contributed by atoms with Gasteiger partial charge in [0.25, 0.3) is 0 Å². The summed E-state index contributed by atoms with van der Waals surface area (Å²) in [6, 6.07) is 22.4. The molecule has 6 aliphatic heterocycles. The summed E-state index contributed by atoms with van der Waals surface area (Å²) in [5.74, 6) is 5.31. The largest absolute Gasteiger partial charge is 2.00 e. The van der Waals surface area contributed by atoms with Gasteiger partial charge in [0.05, 0.1) is 92.7 Å². The molecule has 6 fully saturated rings. The van der Waals surface area contributed by atoms with Crippen molar-refractivity contribution < 1.29 is 77.8 Å². The fourth-order valence-electron chi connectivity index (χ4n) is 13.2. The predicted octanol–water partition coefficient (Wildman–Crippen LogP) is 15.4. The number of nitrogens with zero attached hydrogens (tertiary/aromatic N) is 5. The van der Waals surface area contributed by atoms with Crippen molar-refractivity contribution in [2.45, 2.75) is 52.7 Å². The first kappa shape index (κ1) is 79.0. The number of anilines is 2. The minimum atomic E-state index is -0.992. The van der Waals surface area contributed by atoms with Crippen molar-refractivity contribution in [1.82, 2.24) is 35.2 Å². The second-order valence-electron chi connectivity index (χ2n) is 26.8. The molecule has 0 spiro atoms. The summed E-state index contributed by atoms with van der Waals surface area (Å²) < 4.78 is 44.8. The molecule has 0 saturated carbocycles. The number of fused-ring (bicyclic) bond motifs is 6. The Labute approximate surface area is 625 Å². The Kier molecular flexibility index (Phi) is 26.2. The summed E-state index contributed by atoms with van der Waals surface area (Å²) >= 11 is 23.0. The third kappa shape index (κ3) is 17.3. The van der Waals surface area contributed by atoms with Crippen molar-refractivity contribution in [2.75, 3.05) is 110 Å². The van der Waals surface area contributed by atoms with Gasteiger partial charge in [-0.05, 0) is 130 Å². The van der Waals surface area contributed by atoms with Crippen molar-refractivity contribution in [1.29, 1.82) is 0 Å². The average molecular weight is 1610 g/mol. The standard InChI is InChI=1S/C25H28ClN3O4.C21H20ClN3O4.C19H18BrClN2O3.C6H11NO.2CH3.ClH.Pd/c1-25(2,3)33-24(30)19-9-27-21-8-20(26)17(7-18(19)21)16-5-6-22(28-23(16)31-4)29-10-14-12-32-13-15(14)11-29;1-28-20-13(2-3-19(24-20)25-7-11-9-29-10-12(11)8-25)14-4-15-16(21(26)27)6-23-18(15)5-17(14)22;1-19(2,3)26-18(24)13-9-22-15-8-14(21)11(7-12(13)15)10-5-6-16(20)23-17(10)25-4;1-5-3-8-4-6(5)2-7-1;;;;/h5-9,14-15,27H,10-13H2,1-4H3;2-6,11-12,23H,7-10H2,1H3,(H,26,27);5-9,22H,1-4H3;5-7H,1-4H2;2*1H3;1H;/q;;;;2*-1;;+2/t14-,15+;11-,12+;;5-,6+;;;;. The van der Waals surface area contributed by atoms with E-state index in [9.17, 15) is 19.5 Å². The zero-order valence-electron chi connectivity index (χ0n) is 57.5. The second kappa shape index (κ2) is 33.2. The summed E-state index contributed by atoms with van der Waals surface area (Å²) in [7, 11) is 4.73. The Balaban J connectivity index is 0.000000178. The molecule has 0 amide bonds. The van der Waals surface area contributed by atoms with Gasteiger partial charge >= 0.3 is 38.3 Å². The summed E-state index contributed by atoms with van der Waals surface area (Å²) in [6.45, 7) is 22.4. The van der Waals surface area contributed by atoms with E-state index in [1.165, 1.54) is 19.3 Å². The molecule has 0 bridgehead atoms. The first-order valence-electron chi connectivity index (χ1n) is 31.8. The number of aromatic nitrogens is 6. The maximum absolute atomic E-state index is 12.7. The van der Waals surface area contributed by atoms with E-state index in [1.807, 2.05) is 96.1 Å². The molecule has 538 valence electrons. The van der Waals surface area contributed by atoms with Crippen LogP contribution in [0.25, 0.3) is 66.1 Å². The Morgan fingerprint density at radius 2 is 0.820 bits per heavy atom. The third-order valence-electron chi connectivity index (χ3n) is 18.0. The van der Waals surface area contributed by atoms with Crippen LogP contribution in [0.1, 0.15) is 72.6 Å². The van der Waals surface area contributed by atoms with Crippen LogP contribution in [0.4, 0.5) is 11.6 Å². The van der Waals surface area contributed by atoms with Gasteiger partial charge in [0.2, 0.25) is 17.6 Å². The number of carbonyl (C=O) groups is 3. The van der Waals surface area contributed by atoms with Gasteiger partial charge in [-0.25, -0.2) is 19.4 Å². The number of carboxylic acid groups (broad SMARTS) is 1. The van der Waals surface area contributed by atoms with Gasteiger partial charge in [-0.15, -0.1) is 12.4 Å². The number of ether oxygens (including phenoxy) is 8. The van der Waals surface area contributed by atoms with Crippen molar-refractivity contribution in [2.24, 2.45) is 35.5 Å². The molecule has 0 aliphatic carbocycles. The molecule has 12 heterocycles. The first-order valence-corrected chi connectivity index (χ1v) is 33.7. The van der Waals surface area contributed by atoms with E-state index in [1.54, 1.807) is 51.9 Å². The SMILES string of the molecule is C1NC[C@H]2COC[C@@H]12.COc1nc(Br)ccc1-c1cc2c(C(=O)OC(C)(C)C)c[nH]c2cc1Cl.COc1nc(N2C[C@H]3COC[C@H]3C2)ccc1-c1cc2c(C(=O)O)c[nH]c2cc1Cl.COc1nc(N2C[C@H]3COC[C@H]3C2)ccc1-c1cc2c(C(=O)OC(C)(C)C)c[nH]c2cc1Cl.Cl.[CH3-].[CH3-].[Pd+2]. The molecular weight excluding hydrogens is 1520 g/mol. The number of aromatic amines is 3. The van der Waals surface area contributed by atoms with Crippen LogP contribution in [0.5, 0.6) is 17.6 Å². The molecule has 15 rings (SSSR count). The summed E-state index contributed by atoms with van der Waals surface area (Å²) in [4.78, 5) is 64.3. The van der Waals surface area contributed by atoms with Crippen molar-refractivity contribution in [3.63, 3.8) is 0 Å². The molecule has 0 unspecified atom stereocenters. The number of carboxylic acids is 1. The normalized spacial score (nSPS) is 19.4. The molecule has 6 atom stereocenters. The van der Waals surface area contributed by atoms with Crippen LogP contribution in [0.2, 0.25) is 15.1 Å². The number of nitrogens with one attached hydrogen (secondary N) is 4. The number of aromatic carboxylic acids is 1. The first-order chi connectivity index (χ1) is 45.9. The van der Waals surface area contributed by atoms with Crippen molar-refractivity contribution in [3.8, 4) is 51.0 Å². The van der Waals surface area contributed by atoms with E-state index in [0.29, 0.717) is 88.6 Å². The summed E-state index contributed by atoms with van der Waals surface area (Å²) in [6.07, 6.45) is 4.76. The van der Waals surface area contributed by atoms with Crippen LogP contribution >= 0.6 is 63.1 Å². The van der Waals surface area contributed by atoms with Crippen LogP contribution in [-0.2, 0) is 44.1 Å². The van der Waals surface area contributed by atoms with E-state index in [-0.39, 0.29) is 59.2 Å². The Morgan fingerprint density at radius 1 is 0.500 bits per heavy atom. The average Bonchev–Trinajstić information content (AvgIpc) is 1.47. The number of pyridine rings is 3. The quantitative estimate of drug-likeness (QED) is 0.0349. The molecule has 100 heavy (non-hydrogen) atoms. The van der Waals surface area contributed by atoms with Gasteiger partial charge in [-0.3, -0.25) is 0 Å². The third-order valence-corrected chi connectivity index (χ3v) is 19.4. The number of rotatable bonds is 11. The van der Waals surface area contributed by atoms with Crippen LogP contribution in [0.3, 0.4) is 0 Å². The molecular formula is C73H84BrCl4N9O12Pd. The van der Waals surface area contributed by atoms with Gasteiger partial charge in [-0.1, -0.05) is 34.8 Å². The number of esters is 2. The number of halogens is 5. The number of hydrogen-bond acceptors (Lipinski definition) is 17. The Hall–Kier alpha value is -6.72. The number of H-pyrrole nitrogens is 3. The van der Waals surface area contributed by atoms with E-state index in [4.69, 9.17) is 82.7 Å². The maximum Gasteiger partial charge on any atom is 2.00 e. The topological polar surface area (TPSA) is 250 Å². The minimum absolute atomic E-state index is 0. The smallest absolute Gasteiger partial charge is 0.481 e. The second-order valence-corrected chi connectivity index (χ2v) is 28.9. The van der Waals surface area contributed by atoms with Gasteiger partial charge in [-0.2, -0.15) is 9.97 Å². The van der Waals surface area contributed by atoms with Gasteiger partial charge in [0.1, 0.15) is 27.4 Å². The number of hydrogen-bond donors (Lipinski definition) is 5. The Morgan fingerprint density at radius 3 is 1.16 bits per heavy atom. The Bertz CT molecular complexity index is 4360. The maximum atomic E-state index is 12.7. The van der Waals surface area contributed by atoms with Gasteiger partial charge < -0.3 is 87.9 Å². The van der Waals surface area contributed by atoms with Crippen LogP contribution in [-0.4, -0.2) is 164 Å². The van der Waals surface area contributed by atoms with Crippen molar-refractivity contribution in [3.05, 3.63) is 143 Å². The van der Waals surface area contributed by atoms with Gasteiger partial charge in [0.15, 0.2) is 0 Å². The fourth-order valence-corrected chi connectivity index (χ4v) is 14.3. The van der Waals surface area contributed by atoms with Crippen LogP contribution in [0, 0.1) is 50.4 Å². The molecule has 6 aromatic heterocycles. The summed E-state index contributed by atoms with van der Waals surface area (Å²) in [5.41, 5.74) is 6.54.